The third-order valence-corrected chi connectivity index (χ3v) is 3.84. The van der Waals surface area contributed by atoms with Crippen LogP contribution in [0, 0.1) is 10.1 Å². The molecule has 112 valence electrons. The van der Waals surface area contributed by atoms with Crippen molar-refractivity contribution in [3.63, 3.8) is 0 Å². The van der Waals surface area contributed by atoms with Gasteiger partial charge in [0.05, 0.1) is 4.92 Å². The highest BCUT2D eigenvalue weighted by Crippen LogP contribution is 2.27. The van der Waals surface area contributed by atoms with Gasteiger partial charge in [0, 0.05) is 32.4 Å². The van der Waals surface area contributed by atoms with Crippen molar-refractivity contribution in [1.82, 2.24) is 9.84 Å². The van der Waals surface area contributed by atoms with E-state index in [1.54, 1.807) is 0 Å². The molecule has 20 heavy (non-hydrogen) atoms. The Morgan fingerprint density at radius 2 is 2.00 bits per heavy atom. The highest BCUT2D eigenvalue weighted by molar-refractivity contribution is 7.89. The van der Waals surface area contributed by atoms with Crippen LogP contribution >= 0.6 is 0 Å². The van der Waals surface area contributed by atoms with Crippen molar-refractivity contribution in [1.29, 1.82) is 0 Å². The Hall–Kier alpha value is -1.71. The van der Waals surface area contributed by atoms with Gasteiger partial charge in [-0.25, -0.2) is 13.4 Å². The molecular formula is C11H18N4O4S. The number of hydrogen-bond donors (Lipinski definition) is 2. The molecule has 0 amide bonds. The van der Waals surface area contributed by atoms with Crippen LogP contribution in [0.25, 0.3) is 0 Å². The van der Waals surface area contributed by atoms with Crippen LogP contribution in [0.3, 0.4) is 0 Å². The third kappa shape index (κ3) is 4.15. The lowest BCUT2D eigenvalue weighted by molar-refractivity contribution is -0.387. The summed E-state index contributed by atoms with van der Waals surface area (Å²) in [6.07, 6.45) is 0.856. The van der Waals surface area contributed by atoms with E-state index in [0.29, 0.717) is 12.2 Å². The number of nitro groups is 1. The maximum absolute atomic E-state index is 12.1. The highest BCUT2D eigenvalue weighted by atomic mass is 32.2. The lowest BCUT2D eigenvalue weighted by Gasteiger charge is -2.13. The van der Waals surface area contributed by atoms with Gasteiger partial charge >= 0.3 is 0 Å². The Balaban J connectivity index is 3.28. The minimum absolute atomic E-state index is 0.364. The second kappa shape index (κ2) is 6.64. The van der Waals surface area contributed by atoms with E-state index in [0.717, 1.165) is 6.42 Å². The lowest BCUT2D eigenvalue weighted by atomic mass is 10.3. The fourth-order valence-corrected chi connectivity index (χ4v) is 2.83. The lowest BCUT2D eigenvalue weighted by Crippen LogP contribution is -2.36. The number of rotatable bonds is 7. The molecule has 0 saturated carbocycles. The first-order valence-electron chi connectivity index (χ1n) is 6.00. The number of hydrazine groups is 1. The van der Waals surface area contributed by atoms with E-state index in [-0.39, 0.29) is 4.90 Å². The van der Waals surface area contributed by atoms with Crippen molar-refractivity contribution in [2.75, 3.05) is 26.0 Å². The smallest absolute Gasteiger partial charge is 0.289 e. The molecule has 0 aromatic heterocycles. The fraction of sp³-hybridized carbons (Fsp3) is 0.455. The van der Waals surface area contributed by atoms with E-state index in [4.69, 9.17) is 0 Å². The molecular weight excluding hydrogens is 284 g/mol. The van der Waals surface area contributed by atoms with Gasteiger partial charge in [0.2, 0.25) is 0 Å². The molecule has 0 aliphatic carbocycles. The zero-order valence-electron chi connectivity index (χ0n) is 11.6. The predicted molar refractivity (Wildman–Crippen MR) is 75.9 cm³/mol. The molecule has 0 spiro atoms. The molecule has 2 N–H and O–H groups in total. The minimum atomic E-state index is -3.99. The molecule has 0 atom stereocenters. The Bertz CT molecular complexity index is 586. The van der Waals surface area contributed by atoms with Crippen molar-refractivity contribution >= 4 is 21.4 Å². The second-order valence-corrected chi connectivity index (χ2v) is 5.98. The molecule has 0 aliphatic rings. The predicted octanol–water partition coefficient (Wildman–Crippen LogP) is 1.17. The van der Waals surface area contributed by atoms with Crippen molar-refractivity contribution in [3.05, 3.63) is 28.3 Å². The third-order valence-electron chi connectivity index (χ3n) is 2.33. The van der Waals surface area contributed by atoms with Gasteiger partial charge in [-0.15, -0.1) is 4.83 Å². The largest absolute Gasteiger partial charge is 0.385 e. The van der Waals surface area contributed by atoms with E-state index < -0.39 is 20.6 Å². The van der Waals surface area contributed by atoms with E-state index in [2.05, 4.69) is 10.1 Å². The van der Waals surface area contributed by atoms with Crippen LogP contribution < -0.4 is 10.1 Å². The van der Waals surface area contributed by atoms with Gasteiger partial charge in [-0.05, 0) is 18.6 Å². The molecule has 0 fully saturated rings. The zero-order chi connectivity index (χ0) is 15.3. The van der Waals surface area contributed by atoms with Crippen molar-refractivity contribution in [3.8, 4) is 0 Å². The van der Waals surface area contributed by atoms with E-state index >= 15 is 0 Å². The first-order chi connectivity index (χ1) is 9.27. The molecule has 0 radical (unpaired) electrons. The summed E-state index contributed by atoms with van der Waals surface area (Å²) in [5.41, 5.74) is 0.0676. The summed E-state index contributed by atoms with van der Waals surface area (Å²) < 4.78 is 24.2. The molecule has 1 aromatic rings. The molecule has 9 heteroatoms. The number of anilines is 1. The molecule has 0 aliphatic heterocycles. The summed E-state index contributed by atoms with van der Waals surface area (Å²) in [5, 5.41) is 15.2. The van der Waals surface area contributed by atoms with Crippen LogP contribution in [0.5, 0.6) is 0 Å². The first kappa shape index (κ1) is 16.3. The van der Waals surface area contributed by atoms with Crippen LogP contribution in [0.2, 0.25) is 0 Å². The summed E-state index contributed by atoms with van der Waals surface area (Å²) in [4.78, 5) is 12.1. The van der Waals surface area contributed by atoms with E-state index in [1.807, 2.05) is 6.92 Å². The maximum atomic E-state index is 12.1. The number of nitro benzene ring substituents is 1. The summed E-state index contributed by atoms with van der Waals surface area (Å²) in [6, 6.07) is 3.93. The normalized spacial score (nSPS) is 11.6. The highest BCUT2D eigenvalue weighted by Gasteiger charge is 2.26. The van der Waals surface area contributed by atoms with E-state index in [9.17, 15) is 18.5 Å². The number of sulfonamides is 1. The van der Waals surface area contributed by atoms with E-state index in [1.165, 1.54) is 37.3 Å². The van der Waals surface area contributed by atoms with Crippen molar-refractivity contribution in [2.24, 2.45) is 0 Å². The maximum Gasteiger partial charge on any atom is 0.289 e. The number of nitrogens with zero attached hydrogens (tertiary/aromatic N) is 2. The standard InChI is InChI=1S/C11H18N4O4S/c1-4-7-12-9-5-6-10(15(16)17)11(8-9)20(18,19)13-14(2)3/h5-6,8,12-13H,4,7H2,1-3H3. The Morgan fingerprint density at radius 1 is 1.35 bits per heavy atom. The fourth-order valence-electron chi connectivity index (χ4n) is 1.55. The van der Waals surface area contributed by atoms with Crippen LogP contribution in [-0.2, 0) is 10.0 Å². The number of nitrogens with one attached hydrogen (secondary N) is 2. The summed E-state index contributed by atoms with van der Waals surface area (Å²) in [7, 11) is -1.01. The topological polar surface area (TPSA) is 105 Å². The zero-order valence-corrected chi connectivity index (χ0v) is 12.4. The van der Waals surface area contributed by atoms with Crippen molar-refractivity contribution < 1.29 is 13.3 Å². The average molecular weight is 302 g/mol. The van der Waals surface area contributed by atoms with Gasteiger partial charge in [0.1, 0.15) is 0 Å². The van der Waals surface area contributed by atoms with Crippen LogP contribution in [0.4, 0.5) is 11.4 Å². The Kier molecular flexibility index (Phi) is 5.43. The molecule has 0 saturated heterocycles. The molecule has 0 bridgehead atoms. The van der Waals surface area contributed by atoms with Gasteiger partial charge in [0.15, 0.2) is 4.90 Å². The van der Waals surface area contributed by atoms with Crippen LogP contribution in [0.1, 0.15) is 13.3 Å². The second-order valence-electron chi connectivity index (χ2n) is 4.36. The first-order valence-corrected chi connectivity index (χ1v) is 7.48. The van der Waals surface area contributed by atoms with Gasteiger partial charge < -0.3 is 5.32 Å². The quantitative estimate of drug-likeness (QED) is 0.578. The molecule has 0 unspecified atom stereocenters. The summed E-state index contributed by atoms with van der Waals surface area (Å²) >= 11 is 0. The molecule has 8 nitrogen and oxygen atoms in total. The van der Waals surface area contributed by atoms with Crippen LogP contribution in [-0.4, -0.2) is 39.0 Å². The SMILES string of the molecule is CCCNc1ccc([N+](=O)[O-])c(S(=O)(=O)NN(C)C)c1. The molecule has 0 heterocycles. The Labute approximate surface area is 117 Å². The van der Waals surface area contributed by atoms with Gasteiger partial charge in [-0.1, -0.05) is 6.92 Å². The van der Waals surface area contributed by atoms with Gasteiger partial charge in [-0.2, -0.15) is 0 Å². The number of benzene rings is 1. The summed E-state index contributed by atoms with van der Waals surface area (Å²) in [6.45, 7) is 2.61. The van der Waals surface area contributed by atoms with Crippen LogP contribution in [0.15, 0.2) is 23.1 Å². The monoisotopic (exact) mass is 302 g/mol. The number of hydrogen-bond acceptors (Lipinski definition) is 6. The Morgan fingerprint density at radius 3 is 2.50 bits per heavy atom. The van der Waals surface area contributed by atoms with Gasteiger partial charge in [-0.3, -0.25) is 10.1 Å². The average Bonchev–Trinajstić information content (AvgIpc) is 2.34. The molecule has 1 rings (SSSR count). The van der Waals surface area contributed by atoms with Gasteiger partial charge in [0.25, 0.3) is 15.7 Å². The minimum Gasteiger partial charge on any atom is -0.385 e. The molecule has 1 aromatic carbocycles. The summed E-state index contributed by atoms with van der Waals surface area (Å²) in [5.74, 6) is 0. The van der Waals surface area contributed by atoms with Crippen molar-refractivity contribution in [2.45, 2.75) is 18.2 Å².